The molecule has 1 aliphatic rings. The third-order valence-electron chi connectivity index (χ3n) is 4.42. The van der Waals surface area contributed by atoms with Crippen LogP contribution in [0.3, 0.4) is 0 Å². The molecule has 4 rings (SSSR count). The minimum atomic E-state index is -0.145. The molecular weight excluding hydrogens is 318 g/mol. The number of carbonyl (C=O) groups is 1. The Hall–Kier alpha value is -2.64. The number of ether oxygens (including phenoxy) is 1. The molecule has 1 N–H and O–H groups in total. The molecule has 3 aromatic rings. The highest BCUT2D eigenvalue weighted by Gasteiger charge is 2.13. The van der Waals surface area contributed by atoms with Crippen LogP contribution in [0.4, 0.5) is 0 Å². The maximum absolute atomic E-state index is 12.3. The first-order chi connectivity index (χ1) is 12.3. The number of fused-ring (bicyclic) bond motifs is 1. The molecule has 1 amide bonds. The van der Waals surface area contributed by atoms with Gasteiger partial charge in [0.25, 0.3) is 5.91 Å². The van der Waals surface area contributed by atoms with Crippen LogP contribution in [-0.2, 0) is 4.74 Å². The van der Waals surface area contributed by atoms with E-state index < -0.39 is 0 Å². The van der Waals surface area contributed by atoms with Gasteiger partial charge in [-0.2, -0.15) is 5.10 Å². The van der Waals surface area contributed by atoms with Crippen molar-refractivity contribution >= 4 is 11.4 Å². The van der Waals surface area contributed by atoms with E-state index in [2.05, 4.69) is 15.3 Å². The number of nitrogens with one attached hydrogen (secondary N) is 1. The summed E-state index contributed by atoms with van der Waals surface area (Å²) in [5.41, 5.74) is 1.51. The first kappa shape index (κ1) is 15.9. The second kappa shape index (κ2) is 7.08. The second-order valence-corrected chi connectivity index (χ2v) is 6.04. The van der Waals surface area contributed by atoms with Gasteiger partial charge in [0.1, 0.15) is 5.82 Å². The molecule has 0 aliphatic carbocycles. The number of pyridine rings is 1. The minimum Gasteiger partial charge on any atom is -0.379 e. The monoisotopic (exact) mass is 339 g/mol. The van der Waals surface area contributed by atoms with Gasteiger partial charge in [-0.15, -0.1) is 0 Å². The van der Waals surface area contributed by atoms with Crippen LogP contribution >= 0.6 is 0 Å². The van der Waals surface area contributed by atoms with Crippen LogP contribution in [-0.4, -0.2) is 64.4 Å². The van der Waals surface area contributed by atoms with Crippen molar-refractivity contribution in [2.45, 2.75) is 0 Å². The van der Waals surface area contributed by atoms with Crippen molar-refractivity contribution in [2.24, 2.45) is 0 Å². The van der Waals surface area contributed by atoms with Crippen LogP contribution in [0.25, 0.3) is 11.3 Å². The van der Waals surface area contributed by atoms with E-state index in [4.69, 9.17) is 4.74 Å². The van der Waals surface area contributed by atoms with E-state index in [1.165, 1.54) is 0 Å². The molecule has 7 nitrogen and oxygen atoms in total. The number of aromatic nitrogens is 3. The standard InChI is InChI=1S/C18H21N5O2/c24-18(19-7-10-21-11-13-25-14-12-21)16-6-9-23(20-16)17-5-4-15-3-1-2-8-22(15)17/h1-6,8-9H,7,10-14H2,(H,19,24). The van der Waals surface area contributed by atoms with E-state index in [-0.39, 0.29) is 5.91 Å². The highest BCUT2D eigenvalue weighted by Crippen LogP contribution is 2.14. The molecule has 3 aromatic heterocycles. The Morgan fingerprint density at radius 3 is 2.88 bits per heavy atom. The second-order valence-electron chi connectivity index (χ2n) is 6.04. The van der Waals surface area contributed by atoms with Gasteiger partial charge in [-0.05, 0) is 30.3 Å². The molecule has 0 unspecified atom stereocenters. The number of morpholine rings is 1. The van der Waals surface area contributed by atoms with Crippen LogP contribution in [0.2, 0.25) is 0 Å². The van der Waals surface area contributed by atoms with E-state index in [1.807, 2.05) is 47.1 Å². The summed E-state index contributed by atoms with van der Waals surface area (Å²) in [5.74, 6) is 0.760. The normalized spacial score (nSPS) is 15.5. The fourth-order valence-electron chi connectivity index (χ4n) is 3.04. The fourth-order valence-corrected chi connectivity index (χ4v) is 3.04. The molecule has 0 atom stereocenters. The zero-order valence-electron chi connectivity index (χ0n) is 14.0. The van der Waals surface area contributed by atoms with Gasteiger partial charge >= 0.3 is 0 Å². The van der Waals surface area contributed by atoms with Gasteiger partial charge in [0.2, 0.25) is 0 Å². The lowest BCUT2D eigenvalue weighted by atomic mass is 10.4. The Labute approximate surface area is 145 Å². The van der Waals surface area contributed by atoms with E-state index in [1.54, 1.807) is 10.7 Å². The summed E-state index contributed by atoms with van der Waals surface area (Å²) in [6.07, 6.45) is 3.79. The average Bonchev–Trinajstić information content (AvgIpc) is 3.29. The van der Waals surface area contributed by atoms with E-state index in [0.29, 0.717) is 12.2 Å². The lowest BCUT2D eigenvalue weighted by Gasteiger charge is -2.26. The van der Waals surface area contributed by atoms with Crippen molar-refractivity contribution in [3.8, 4) is 5.82 Å². The maximum Gasteiger partial charge on any atom is 0.271 e. The molecule has 1 fully saturated rings. The van der Waals surface area contributed by atoms with Crippen molar-refractivity contribution in [1.29, 1.82) is 0 Å². The van der Waals surface area contributed by atoms with Crippen molar-refractivity contribution in [1.82, 2.24) is 24.4 Å². The average molecular weight is 339 g/mol. The topological polar surface area (TPSA) is 63.8 Å². The van der Waals surface area contributed by atoms with Crippen LogP contribution in [0, 0.1) is 0 Å². The van der Waals surface area contributed by atoms with Gasteiger partial charge in [0.15, 0.2) is 5.69 Å². The summed E-state index contributed by atoms with van der Waals surface area (Å²) in [5, 5.41) is 7.36. The van der Waals surface area contributed by atoms with Crippen molar-refractivity contribution in [3.05, 3.63) is 54.5 Å². The van der Waals surface area contributed by atoms with Crippen LogP contribution in [0.5, 0.6) is 0 Å². The molecule has 0 spiro atoms. The van der Waals surface area contributed by atoms with Crippen LogP contribution < -0.4 is 5.32 Å². The minimum absolute atomic E-state index is 0.145. The predicted molar refractivity (Wildman–Crippen MR) is 94.1 cm³/mol. The number of rotatable bonds is 5. The highest BCUT2D eigenvalue weighted by atomic mass is 16.5. The molecule has 4 heterocycles. The Bertz CT molecular complexity index is 863. The molecule has 0 radical (unpaired) electrons. The first-order valence-corrected chi connectivity index (χ1v) is 8.52. The summed E-state index contributed by atoms with van der Waals surface area (Å²) in [7, 11) is 0. The Balaban J connectivity index is 1.39. The predicted octanol–water partition coefficient (Wildman–Crippen LogP) is 1.19. The molecule has 25 heavy (non-hydrogen) atoms. The van der Waals surface area contributed by atoms with Gasteiger partial charge < -0.3 is 14.5 Å². The van der Waals surface area contributed by atoms with Crippen molar-refractivity contribution in [2.75, 3.05) is 39.4 Å². The number of carbonyl (C=O) groups excluding carboxylic acids is 1. The third kappa shape index (κ3) is 3.42. The van der Waals surface area contributed by atoms with Gasteiger partial charge in [-0.1, -0.05) is 6.07 Å². The van der Waals surface area contributed by atoms with Crippen LogP contribution in [0.1, 0.15) is 10.5 Å². The lowest BCUT2D eigenvalue weighted by Crippen LogP contribution is -2.41. The van der Waals surface area contributed by atoms with Gasteiger partial charge in [-0.25, -0.2) is 4.68 Å². The molecule has 1 aliphatic heterocycles. The first-order valence-electron chi connectivity index (χ1n) is 8.52. The van der Waals surface area contributed by atoms with Crippen molar-refractivity contribution in [3.63, 3.8) is 0 Å². The fraction of sp³-hybridized carbons (Fsp3) is 0.333. The van der Waals surface area contributed by atoms with Gasteiger partial charge in [0, 0.05) is 44.1 Å². The Morgan fingerprint density at radius 2 is 2.00 bits per heavy atom. The number of hydrogen-bond acceptors (Lipinski definition) is 4. The molecule has 130 valence electrons. The van der Waals surface area contributed by atoms with E-state index in [9.17, 15) is 4.79 Å². The largest absolute Gasteiger partial charge is 0.379 e. The molecule has 0 bridgehead atoms. The third-order valence-corrected chi connectivity index (χ3v) is 4.42. The highest BCUT2D eigenvalue weighted by molar-refractivity contribution is 5.92. The van der Waals surface area contributed by atoms with E-state index >= 15 is 0 Å². The maximum atomic E-state index is 12.3. The number of hydrogen-bond donors (Lipinski definition) is 1. The zero-order valence-corrected chi connectivity index (χ0v) is 14.0. The quantitative estimate of drug-likeness (QED) is 0.758. The Morgan fingerprint density at radius 1 is 1.12 bits per heavy atom. The lowest BCUT2D eigenvalue weighted by molar-refractivity contribution is 0.0383. The van der Waals surface area contributed by atoms with Crippen LogP contribution in [0.15, 0.2) is 48.8 Å². The van der Waals surface area contributed by atoms with Gasteiger partial charge in [0.05, 0.1) is 13.2 Å². The SMILES string of the molecule is O=C(NCCN1CCOCC1)c1ccn(-c2ccc3ccccn23)n1. The summed E-state index contributed by atoms with van der Waals surface area (Å²) >= 11 is 0. The smallest absolute Gasteiger partial charge is 0.271 e. The molecule has 0 saturated carbocycles. The zero-order chi connectivity index (χ0) is 17.1. The summed E-state index contributed by atoms with van der Waals surface area (Å²) < 4.78 is 9.08. The molecule has 1 saturated heterocycles. The molecule has 0 aromatic carbocycles. The number of amides is 1. The van der Waals surface area contributed by atoms with E-state index in [0.717, 1.165) is 44.2 Å². The van der Waals surface area contributed by atoms with Crippen molar-refractivity contribution < 1.29 is 9.53 Å². The Kier molecular flexibility index (Phi) is 4.49. The summed E-state index contributed by atoms with van der Waals surface area (Å²) in [6, 6.07) is 11.8. The summed E-state index contributed by atoms with van der Waals surface area (Å²) in [6.45, 7) is 4.82. The molecule has 7 heteroatoms. The number of nitrogens with zero attached hydrogens (tertiary/aromatic N) is 4. The van der Waals surface area contributed by atoms with Gasteiger partial charge in [-0.3, -0.25) is 9.69 Å². The summed E-state index contributed by atoms with van der Waals surface area (Å²) in [4.78, 5) is 14.6. The molecular formula is C18H21N5O2.